The minimum atomic E-state index is -4.26. The van der Waals surface area contributed by atoms with E-state index >= 15 is 0 Å². The number of rotatable bonds is 16. The summed E-state index contributed by atoms with van der Waals surface area (Å²) in [7, 11) is -22.1. The number of hydrogen-bond acceptors (Lipinski definition) is 8. The molecule has 0 aromatic heterocycles. The molecule has 4 rings (SSSR count). The molecule has 0 aromatic rings. The second-order valence-corrected chi connectivity index (χ2v) is 33.8. The first-order chi connectivity index (χ1) is 23.7. The molecule has 0 aliphatic heterocycles. The van der Waals surface area contributed by atoms with Crippen LogP contribution in [0.1, 0.15) is 136 Å². The molecular formula is C33H66O12P2S4. The van der Waals surface area contributed by atoms with E-state index < -0.39 is 76.0 Å². The monoisotopic (exact) mass is 844 g/mol. The van der Waals surface area contributed by atoms with Gasteiger partial charge in [0.2, 0.25) is 0 Å². The van der Waals surface area contributed by atoms with Gasteiger partial charge in [-0.15, -0.1) is 0 Å². The first kappa shape index (κ1) is 44.2. The predicted molar refractivity (Wildman–Crippen MR) is 212 cm³/mol. The average molecular weight is 845 g/mol. The molecule has 51 heavy (non-hydrogen) atoms. The van der Waals surface area contributed by atoms with Crippen LogP contribution in [0.3, 0.4) is 0 Å². The Bertz CT molecular complexity index is 1380. The Morgan fingerprint density at radius 2 is 0.647 bits per heavy atom. The molecule has 0 amide bonds. The van der Waals surface area contributed by atoms with Crippen LogP contribution in [-0.4, -0.2) is 120 Å². The topological polar surface area (TPSA) is 217 Å². The summed E-state index contributed by atoms with van der Waals surface area (Å²) in [4.78, 5) is 0. The molecule has 4 aliphatic carbocycles. The molecular weight excluding hydrogens is 779 g/mol. The van der Waals surface area contributed by atoms with Gasteiger partial charge >= 0.3 is 311 Å². The van der Waals surface area contributed by atoms with Gasteiger partial charge in [0, 0.05) is 0 Å². The van der Waals surface area contributed by atoms with Crippen LogP contribution in [0.25, 0.3) is 0 Å². The summed E-state index contributed by atoms with van der Waals surface area (Å²) in [6, 6.07) is 0. The Labute approximate surface area is 309 Å². The Hall–Kier alpha value is 0.500. The Kier molecular flexibility index (Phi) is 15.4. The van der Waals surface area contributed by atoms with Gasteiger partial charge in [0.05, 0.1) is 0 Å². The van der Waals surface area contributed by atoms with E-state index in [9.17, 15) is 51.9 Å². The third-order valence-electron chi connectivity index (χ3n) is 14.2. The first-order valence-corrected chi connectivity index (χ1v) is 30.7. The molecule has 4 N–H and O–H groups in total. The zero-order valence-corrected chi connectivity index (χ0v) is 35.8. The first-order valence-electron chi connectivity index (χ1n) is 19.5. The summed E-state index contributed by atoms with van der Waals surface area (Å²) in [6.45, 7) is 4.22. The van der Waals surface area contributed by atoms with Crippen molar-refractivity contribution in [1.29, 1.82) is 0 Å². The van der Waals surface area contributed by atoms with Gasteiger partial charge in [-0.2, -0.15) is 0 Å². The molecule has 8 atom stereocenters. The second kappa shape index (κ2) is 17.7. The van der Waals surface area contributed by atoms with Gasteiger partial charge in [-0.3, -0.25) is 0 Å². The third-order valence-corrected chi connectivity index (χ3v) is 33.3. The molecule has 304 valence electrons. The SMILES string of the molecule is CCC[PH](CCC[PH](CCC)(C1CCCC(S(=O)(=O)O)C1)C1CCCC(S(=O)(=O)O)C1)(C1CCCC(S(=O)(=O)O)C1)C1CCCC(S(=O)(=O)O)C1. The van der Waals surface area contributed by atoms with Gasteiger partial charge < -0.3 is 0 Å². The fourth-order valence-corrected chi connectivity index (χ4v) is 31.5. The van der Waals surface area contributed by atoms with Gasteiger partial charge in [0.1, 0.15) is 0 Å². The third kappa shape index (κ3) is 10.9. The molecule has 0 radical (unpaired) electrons. The van der Waals surface area contributed by atoms with Crippen LogP contribution < -0.4 is 0 Å². The van der Waals surface area contributed by atoms with Crippen molar-refractivity contribution in [1.82, 2.24) is 0 Å². The van der Waals surface area contributed by atoms with Crippen molar-refractivity contribution in [2.45, 2.75) is 179 Å². The molecule has 4 fully saturated rings. The summed E-state index contributed by atoms with van der Waals surface area (Å²) in [5.41, 5.74) is 0.232. The molecule has 12 nitrogen and oxygen atoms in total. The standard InChI is InChI=1S/C33H66O12P2S4/c1-3-18-46(26-10-5-14-30(22-26)48(34,35)36,27-11-6-15-31(23-27)49(37,38)39)20-9-21-47(19-4-2,28-12-7-16-32(24-28)50(40,41)42)29-13-8-17-33(25-29)51(43,44)45/h26-33,46-47H,3-25H2,1-2H3,(H,34,35,36)(H,37,38,39)(H,40,41,42)(H,43,44,45). The van der Waals surface area contributed by atoms with Gasteiger partial charge in [0.15, 0.2) is 0 Å². The van der Waals surface area contributed by atoms with E-state index in [-0.39, 0.29) is 22.6 Å². The summed E-state index contributed by atoms with van der Waals surface area (Å²) in [5, 5.41) is -3.41. The summed E-state index contributed by atoms with van der Waals surface area (Å²) in [6.07, 6.45) is 14.8. The van der Waals surface area contributed by atoms with Gasteiger partial charge in [-0.1, -0.05) is 0 Å². The maximum atomic E-state index is 12.5. The molecule has 0 bridgehead atoms. The predicted octanol–water partition coefficient (Wildman–Crippen LogP) is 6.49. The molecule has 0 spiro atoms. The molecule has 18 heteroatoms. The molecule has 0 heterocycles. The van der Waals surface area contributed by atoms with Crippen molar-refractivity contribution in [3.8, 4) is 0 Å². The molecule has 8 unspecified atom stereocenters. The summed E-state index contributed by atoms with van der Waals surface area (Å²) < 4.78 is 140. The normalized spacial score (nSPS) is 33.1. The zero-order valence-electron chi connectivity index (χ0n) is 30.6. The summed E-state index contributed by atoms with van der Waals surface area (Å²) >= 11 is 0. The van der Waals surface area contributed by atoms with Crippen molar-refractivity contribution in [3.05, 3.63) is 0 Å². The van der Waals surface area contributed by atoms with Crippen LogP contribution in [0.15, 0.2) is 0 Å². The van der Waals surface area contributed by atoms with Crippen LogP contribution >= 0.6 is 14.5 Å². The fraction of sp³-hybridized carbons (Fsp3) is 1.00. The van der Waals surface area contributed by atoms with Crippen molar-refractivity contribution in [2.75, 3.05) is 24.6 Å². The van der Waals surface area contributed by atoms with Crippen LogP contribution in [0.4, 0.5) is 0 Å². The molecule has 0 saturated heterocycles. The van der Waals surface area contributed by atoms with Crippen molar-refractivity contribution >= 4 is 55.0 Å². The quantitative estimate of drug-likeness (QED) is 0.0968. The zero-order chi connectivity index (χ0) is 37.9. The minimum absolute atomic E-state index is 0.0581. The molecule has 0 aromatic carbocycles. The van der Waals surface area contributed by atoms with E-state index in [0.29, 0.717) is 77.0 Å². The van der Waals surface area contributed by atoms with Crippen molar-refractivity contribution in [2.24, 2.45) is 0 Å². The van der Waals surface area contributed by atoms with Crippen LogP contribution in [0.2, 0.25) is 0 Å². The van der Waals surface area contributed by atoms with Crippen molar-refractivity contribution < 1.29 is 51.9 Å². The van der Waals surface area contributed by atoms with E-state index in [1.807, 2.05) is 0 Å². The van der Waals surface area contributed by atoms with Crippen LogP contribution in [0, 0.1) is 0 Å². The Balaban J connectivity index is 1.76. The fourth-order valence-electron chi connectivity index (χ4n) is 12.0. The number of hydrogen-bond donors (Lipinski definition) is 4. The van der Waals surface area contributed by atoms with E-state index in [1.165, 1.54) is 0 Å². The van der Waals surface area contributed by atoms with Crippen molar-refractivity contribution in [3.63, 3.8) is 0 Å². The van der Waals surface area contributed by atoms with Gasteiger partial charge in [-0.25, -0.2) is 0 Å². The van der Waals surface area contributed by atoms with Crippen LogP contribution in [0.5, 0.6) is 0 Å². The Morgan fingerprint density at radius 3 is 0.843 bits per heavy atom. The average Bonchev–Trinajstić information content (AvgIpc) is 3.06. The van der Waals surface area contributed by atoms with Gasteiger partial charge in [-0.05, 0) is 0 Å². The molecule has 4 aliphatic rings. The van der Waals surface area contributed by atoms with E-state index in [1.54, 1.807) is 0 Å². The van der Waals surface area contributed by atoms with Crippen LogP contribution in [-0.2, 0) is 40.5 Å². The maximum absolute atomic E-state index is 12.5. The van der Waals surface area contributed by atoms with E-state index in [0.717, 1.165) is 69.6 Å². The molecule has 4 saturated carbocycles. The van der Waals surface area contributed by atoms with E-state index in [2.05, 4.69) is 13.8 Å². The second-order valence-electron chi connectivity index (χ2n) is 16.8. The van der Waals surface area contributed by atoms with Gasteiger partial charge in [0.25, 0.3) is 0 Å². The Morgan fingerprint density at radius 1 is 0.412 bits per heavy atom. The summed E-state index contributed by atoms with van der Waals surface area (Å²) in [5.74, 6) is 0. The van der Waals surface area contributed by atoms with E-state index in [4.69, 9.17) is 0 Å².